The van der Waals surface area contributed by atoms with Crippen molar-refractivity contribution in [3.05, 3.63) is 71.0 Å². The third kappa shape index (κ3) is 5.12. The second-order valence-corrected chi connectivity index (χ2v) is 7.28. The minimum Gasteiger partial charge on any atom is -0.484 e. The number of nitrogens with zero attached hydrogens (tertiary/aromatic N) is 4. The molecule has 2 heterocycles. The fraction of sp³-hybridized carbons (Fsp3) is 0.182. The maximum atomic E-state index is 13.2. The summed E-state index contributed by atoms with van der Waals surface area (Å²) >= 11 is 5.97. The zero-order chi connectivity index (χ0) is 22.5. The Morgan fingerprint density at radius 1 is 1.09 bits per heavy atom. The van der Waals surface area contributed by atoms with Gasteiger partial charge < -0.3 is 14.8 Å². The van der Waals surface area contributed by atoms with Gasteiger partial charge in [0.2, 0.25) is 5.88 Å². The molecule has 0 unspecified atom stereocenters. The number of hydrogen-bond acceptors (Lipinski definition) is 6. The smallest absolute Gasteiger partial charge is 0.258 e. The van der Waals surface area contributed by atoms with E-state index in [1.165, 1.54) is 16.6 Å². The first-order chi connectivity index (χ1) is 15.5. The summed E-state index contributed by atoms with van der Waals surface area (Å²) in [5.74, 6) is 0.759. The molecule has 0 fully saturated rings. The number of aryl methyl sites for hydroxylation is 1. The lowest BCUT2D eigenvalue weighted by Gasteiger charge is -2.09. The minimum absolute atomic E-state index is 0.118. The van der Waals surface area contributed by atoms with Gasteiger partial charge in [0, 0.05) is 16.7 Å². The third-order valence-corrected chi connectivity index (χ3v) is 4.94. The van der Waals surface area contributed by atoms with Crippen LogP contribution in [0.1, 0.15) is 5.56 Å². The average Bonchev–Trinajstić information content (AvgIpc) is 3.21. The Bertz CT molecular complexity index is 1250. The van der Waals surface area contributed by atoms with E-state index in [0.29, 0.717) is 33.7 Å². The Kier molecular flexibility index (Phi) is 6.46. The fourth-order valence-electron chi connectivity index (χ4n) is 2.88. The van der Waals surface area contributed by atoms with Crippen molar-refractivity contribution in [3.8, 4) is 23.0 Å². The predicted octanol–water partition coefficient (Wildman–Crippen LogP) is 3.47. The predicted molar refractivity (Wildman–Crippen MR) is 116 cm³/mol. The summed E-state index contributed by atoms with van der Waals surface area (Å²) in [6, 6.07) is 14.5. The zero-order valence-corrected chi connectivity index (χ0v) is 17.8. The quantitative estimate of drug-likeness (QED) is 0.409. The molecule has 0 atom stereocenters. The summed E-state index contributed by atoms with van der Waals surface area (Å²) < 4.78 is 25.8. The standard InChI is InChI=1S/C22H19ClFN5O3/c1-14-12-17(6-7-18(14)23)32-13-20(30)25-10-11-31-21-9-8-19-26-27-22(29(19)28-21)15-2-4-16(24)5-3-15/h2-9,12H,10-11,13H2,1H3,(H,25,30). The van der Waals surface area contributed by atoms with E-state index in [-0.39, 0.29) is 31.5 Å². The highest BCUT2D eigenvalue weighted by atomic mass is 35.5. The molecule has 0 saturated carbocycles. The lowest BCUT2D eigenvalue weighted by molar-refractivity contribution is -0.123. The van der Waals surface area contributed by atoms with Crippen molar-refractivity contribution in [2.24, 2.45) is 0 Å². The van der Waals surface area contributed by atoms with Gasteiger partial charge in [-0.3, -0.25) is 4.79 Å². The van der Waals surface area contributed by atoms with Crippen molar-refractivity contribution in [3.63, 3.8) is 0 Å². The molecule has 10 heteroatoms. The number of aromatic nitrogens is 4. The van der Waals surface area contributed by atoms with Crippen molar-refractivity contribution >= 4 is 23.2 Å². The third-order valence-electron chi connectivity index (χ3n) is 4.51. The molecule has 164 valence electrons. The van der Waals surface area contributed by atoms with Gasteiger partial charge in [0.05, 0.1) is 6.54 Å². The van der Waals surface area contributed by atoms with Crippen molar-refractivity contribution < 1.29 is 18.7 Å². The summed E-state index contributed by atoms with van der Waals surface area (Å²) in [7, 11) is 0. The number of rotatable bonds is 8. The zero-order valence-electron chi connectivity index (χ0n) is 17.1. The average molecular weight is 456 g/mol. The molecular weight excluding hydrogens is 437 g/mol. The molecule has 0 saturated heterocycles. The van der Waals surface area contributed by atoms with Crippen LogP contribution in [-0.4, -0.2) is 45.5 Å². The van der Waals surface area contributed by atoms with Crippen LogP contribution >= 0.6 is 11.6 Å². The molecule has 4 aromatic rings. The van der Waals surface area contributed by atoms with Crippen LogP contribution in [0.5, 0.6) is 11.6 Å². The molecule has 32 heavy (non-hydrogen) atoms. The molecule has 1 amide bonds. The van der Waals surface area contributed by atoms with Crippen molar-refractivity contribution in [2.75, 3.05) is 19.8 Å². The van der Waals surface area contributed by atoms with Crippen LogP contribution < -0.4 is 14.8 Å². The van der Waals surface area contributed by atoms with Crippen molar-refractivity contribution in [1.82, 2.24) is 25.1 Å². The van der Waals surface area contributed by atoms with E-state index in [1.807, 2.05) is 6.92 Å². The van der Waals surface area contributed by atoms with Crippen LogP contribution in [0, 0.1) is 12.7 Å². The molecular formula is C22H19ClFN5O3. The Labute approximate surface area is 187 Å². The lowest BCUT2D eigenvalue weighted by Crippen LogP contribution is -2.32. The van der Waals surface area contributed by atoms with Crippen LogP contribution in [-0.2, 0) is 4.79 Å². The van der Waals surface area contributed by atoms with Gasteiger partial charge in [-0.15, -0.1) is 15.3 Å². The van der Waals surface area contributed by atoms with Gasteiger partial charge in [-0.1, -0.05) is 11.6 Å². The first-order valence-corrected chi connectivity index (χ1v) is 10.1. The second kappa shape index (κ2) is 9.61. The van der Waals surface area contributed by atoms with Gasteiger partial charge in [-0.25, -0.2) is 4.39 Å². The number of fused-ring (bicyclic) bond motifs is 1. The van der Waals surface area contributed by atoms with E-state index in [2.05, 4.69) is 20.6 Å². The Morgan fingerprint density at radius 3 is 2.69 bits per heavy atom. The maximum Gasteiger partial charge on any atom is 0.258 e. The normalized spacial score (nSPS) is 10.8. The second-order valence-electron chi connectivity index (χ2n) is 6.87. The number of carbonyl (C=O) groups excluding carboxylic acids is 1. The maximum absolute atomic E-state index is 13.2. The minimum atomic E-state index is -0.338. The Balaban J connectivity index is 1.28. The van der Waals surface area contributed by atoms with Crippen LogP contribution in [0.4, 0.5) is 4.39 Å². The van der Waals surface area contributed by atoms with Crippen molar-refractivity contribution in [1.29, 1.82) is 0 Å². The van der Waals surface area contributed by atoms with Crippen LogP contribution in [0.25, 0.3) is 17.0 Å². The van der Waals surface area contributed by atoms with Gasteiger partial charge >= 0.3 is 0 Å². The van der Waals surface area contributed by atoms with E-state index < -0.39 is 0 Å². The Hall–Kier alpha value is -3.72. The van der Waals surface area contributed by atoms with E-state index in [0.717, 1.165) is 5.56 Å². The molecule has 0 radical (unpaired) electrons. The molecule has 0 bridgehead atoms. The van der Waals surface area contributed by atoms with Crippen LogP contribution in [0.2, 0.25) is 5.02 Å². The number of carbonyl (C=O) groups is 1. The molecule has 0 aliphatic heterocycles. The number of amides is 1. The SMILES string of the molecule is Cc1cc(OCC(=O)NCCOc2ccc3nnc(-c4ccc(F)cc4)n3n2)ccc1Cl. The number of nitrogens with one attached hydrogen (secondary N) is 1. The number of halogens is 2. The number of hydrogen-bond donors (Lipinski definition) is 1. The number of benzene rings is 2. The molecule has 0 aliphatic carbocycles. The van der Waals surface area contributed by atoms with Gasteiger partial charge in [0.25, 0.3) is 5.91 Å². The van der Waals surface area contributed by atoms with Crippen LogP contribution in [0.15, 0.2) is 54.6 Å². The molecule has 8 nitrogen and oxygen atoms in total. The monoisotopic (exact) mass is 455 g/mol. The van der Waals surface area contributed by atoms with E-state index in [4.69, 9.17) is 21.1 Å². The van der Waals surface area contributed by atoms with Gasteiger partial charge in [-0.2, -0.15) is 4.52 Å². The topological polar surface area (TPSA) is 90.6 Å². The van der Waals surface area contributed by atoms with Crippen LogP contribution in [0.3, 0.4) is 0 Å². The summed E-state index contributed by atoms with van der Waals surface area (Å²) in [5.41, 5.74) is 2.07. The summed E-state index contributed by atoms with van der Waals surface area (Å²) in [4.78, 5) is 12.0. The van der Waals surface area contributed by atoms with Gasteiger partial charge in [0.15, 0.2) is 18.1 Å². The van der Waals surface area contributed by atoms with Gasteiger partial charge in [-0.05, 0) is 61.0 Å². The molecule has 2 aromatic carbocycles. The highest BCUT2D eigenvalue weighted by Gasteiger charge is 2.11. The number of ether oxygens (including phenoxy) is 2. The molecule has 1 N–H and O–H groups in total. The van der Waals surface area contributed by atoms with E-state index >= 15 is 0 Å². The largest absolute Gasteiger partial charge is 0.484 e. The first kappa shape index (κ1) is 21.5. The van der Waals surface area contributed by atoms with E-state index in [1.54, 1.807) is 42.5 Å². The van der Waals surface area contributed by atoms with Crippen molar-refractivity contribution in [2.45, 2.75) is 6.92 Å². The first-order valence-electron chi connectivity index (χ1n) is 9.76. The summed E-state index contributed by atoms with van der Waals surface area (Å²) in [5, 5.41) is 15.9. The molecule has 4 rings (SSSR count). The highest BCUT2D eigenvalue weighted by molar-refractivity contribution is 6.31. The molecule has 0 spiro atoms. The molecule has 2 aromatic heterocycles. The van der Waals surface area contributed by atoms with E-state index in [9.17, 15) is 9.18 Å². The molecule has 0 aliphatic rings. The summed E-state index contributed by atoms with van der Waals surface area (Å²) in [6.45, 7) is 2.22. The lowest BCUT2D eigenvalue weighted by atomic mass is 10.2. The Morgan fingerprint density at radius 2 is 1.91 bits per heavy atom. The van der Waals surface area contributed by atoms with Gasteiger partial charge in [0.1, 0.15) is 18.2 Å². The summed E-state index contributed by atoms with van der Waals surface area (Å²) in [6.07, 6.45) is 0. The highest BCUT2D eigenvalue weighted by Crippen LogP contribution is 2.21. The fourth-order valence-corrected chi connectivity index (χ4v) is 3.00.